The van der Waals surface area contributed by atoms with Crippen molar-refractivity contribution in [2.45, 2.75) is 23.0 Å². The van der Waals surface area contributed by atoms with Crippen LogP contribution in [-0.2, 0) is 16.0 Å². The molecular weight excluding hydrogens is 378 g/mol. The zero-order valence-corrected chi connectivity index (χ0v) is 16.0. The molecule has 1 aliphatic rings. The molecule has 5 nitrogen and oxygen atoms in total. The van der Waals surface area contributed by atoms with Gasteiger partial charge in [0, 0.05) is 28.8 Å². The molecule has 2 aromatic carbocycles. The van der Waals surface area contributed by atoms with Crippen LogP contribution in [0, 0.1) is 0 Å². The van der Waals surface area contributed by atoms with Gasteiger partial charge in [0.15, 0.2) is 5.13 Å². The quantitative estimate of drug-likeness (QED) is 0.680. The zero-order valence-electron chi connectivity index (χ0n) is 14.3. The van der Waals surface area contributed by atoms with E-state index in [0.717, 1.165) is 21.9 Å². The topological polar surface area (TPSA) is 71.1 Å². The molecule has 4 rings (SSSR count). The van der Waals surface area contributed by atoms with E-state index in [2.05, 4.69) is 27.8 Å². The molecule has 0 fully saturated rings. The van der Waals surface area contributed by atoms with Crippen molar-refractivity contribution in [3.63, 3.8) is 0 Å². The van der Waals surface area contributed by atoms with Crippen LogP contribution in [0.3, 0.4) is 0 Å². The first-order valence-electron chi connectivity index (χ1n) is 8.52. The molecule has 0 aliphatic carbocycles. The van der Waals surface area contributed by atoms with Gasteiger partial charge in [-0.2, -0.15) is 0 Å². The number of carbonyl (C=O) groups excluding carboxylic acids is 2. The summed E-state index contributed by atoms with van der Waals surface area (Å²) in [4.78, 5) is 30.9. The maximum Gasteiger partial charge on any atom is 0.238 e. The molecule has 2 heterocycles. The van der Waals surface area contributed by atoms with Crippen LogP contribution in [0.5, 0.6) is 0 Å². The van der Waals surface area contributed by atoms with E-state index >= 15 is 0 Å². The minimum Gasteiger partial charge on any atom is -0.324 e. The Morgan fingerprint density at radius 3 is 2.74 bits per heavy atom. The van der Waals surface area contributed by atoms with Gasteiger partial charge in [-0.25, -0.2) is 4.98 Å². The number of hydrogen-bond acceptors (Lipinski definition) is 5. The summed E-state index contributed by atoms with van der Waals surface area (Å²) < 4.78 is 0. The molecule has 1 atom stereocenters. The molecule has 2 N–H and O–H groups in total. The highest BCUT2D eigenvalue weighted by Gasteiger charge is 2.29. The molecular formula is C20H17N3O2S2. The van der Waals surface area contributed by atoms with Crippen LogP contribution in [0.15, 0.2) is 65.7 Å². The lowest BCUT2D eigenvalue weighted by Crippen LogP contribution is -2.32. The summed E-state index contributed by atoms with van der Waals surface area (Å²) >= 11 is 2.88. The van der Waals surface area contributed by atoms with Crippen molar-refractivity contribution in [3.05, 3.63) is 71.2 Å². The van der Waals surface area contributed by atoms with Crippen molar-refractivity contribution < 1.29 is 9.59 Å². The Morgan fingerprint density at radius 2 is 1.89 bits per heavy atom. The number of thiazole rings is 1. The molecule has 3 aromatic rings. The van der Waals surface area contributed by atoms with Gasteiger partial charge in [0.05, 0.1) is 10.9 Å². The van der Waals surface area contributed by atoms with Crippen molar-refractivity contribution >= 4 is 45.7 Å². The largest absolute Gasteiger partial charge is 0.324 e. The van der Waals surface area contributed by atoms with Crippen LogP contribution in [-0.4, -0.2) is 22.0 Å². The molecule has 1 aliphatic heterocycles. The molecule has 27 heavy (non-hydrogen) atoms. The van der Waals surface area contributed by atoms with Crippen molar-refractivity contribution in [1.29, 1.82) is 0 Å². The Balaban J connectivity index is 1.35. The minimum atomic E-state index is -0.441. The molecule has 0 saturated heterocycles. The van der Waals surface area contributed by atoms with E-state index in [1.807, 2.05) is 42.5 Å². The summed E-state index contributed by atoms with van der Waals surface area (Å²) in [6.45, 7) is 0. The van der Waals surface area contributed by atoms with Gasteiger partial charge in [-0.15, -0.1) is 23.1 Å². The minimum absolute atomic E-state index is 0.110. The van der Waals surface area contributed by atoms with Crippen molar-refractivity contribution in [3.8, 4) is 0 Å². The fourth-order valence-electron chi connectivity index (χ4n) is 2.81. The third kappa shape index (κ3) is 4.37. The highest BCUT2D eigenvalue weighted by atomic mass is 32.2. The normalized spacial score (nSPS) is 15.7. The maximum atomic E-state index is 12.4. The van der Waals surface area contributed by atoms with Crippen molar-refractivity contribution in [1.82, 2.24) is 4.98 Å². The number of amides is 2. The van der Waals surface area contributed by atoms with Crippen LogP contribution in [0.2, 0.25) is 0 Å². The number of nitrogens with one attached hydrogen (secondary N) is 2. The Kier molecular flexibility index (Phi) is 5.22. The van der Waals surface area contributed by atoms with E-state index < -0.39 is 5.25 Å². The Bertz CT molecular complexity index is 972. The molecule has 0 saturated carbocycles. The number of benzene rings is 2. The van der Waals surface area contributed by atoms with E-state index in [4.69, 9.17) is 0 Å². The maximum absolute atomic E-state index is 12.4. The van der Waals surface area contributed by atoms with Gasteiger partial charge in [0.2, 0.25) is 11.8 Å². The van der Waals surface area contributed by atoms with E-state index in [0.29, 0.717) is 5.13 Å². The average molecular weight is 396 g/mol. The highest BCUT2D eigenvalue weighted by Crippen LogP contribution is 2.36. The Morgan fingerprint density at radius 1 is 1.11 bits per heavy atom. The van der Waals surface area contributed by atoms with Gasteiger partial charge >= 0.3 is 0 Å². The van der Waals surface area contributed by atoms with Gasteiger partial charge in [-0.1, -0.05) is 42.5 Å². The van der Waals surface area contributed by atoms with Crippen LogP contribution >= 0.6 is 23.1 Å². The van der Waals surface area contributed by atoms with Crippen LogP contribution in [0.4, 0.5) is 10.8 Å². The predicted octanol–water partition coefficient (Wildman–Crippen LogP) is 4.18. The second-order valence-corrected chi connectivity index (χ2v) is 8.50. The first-order valence-corrected chi connectivity index (χ1v) is 10.2. The molecule has 2 amide bonds. The fraction of sp³-hybridized carbons (Fsp3) is 0.150. The molecule has 0 radical (unpaired) electrons. The second-order valence-electron chi connectivity index (χ2n) is 6.14. The lowest BCUT2D eigenvalue weighted by Gasteiger charge is -2.23. The van der Waals surface area contributed by atoms with Gasteiger partial charge < -0.3 is 10.6 Å². The molecule has 136 valence electrons. The van der Waals surface area contributed by atoms with Crippen molar-refractivity contribution in [2.75, 3.05) is 10.6 Å². The summed E-state index contributed by atoms with van der Waals surface area (Å²) in [6.07, 6.45) is 2.68. The number of hydrogen-bond donors (Lipinski definition) is 2. The lowest BCUT2D eigenvalue weighted by atomic mass is 10.1. The van der Waals surface area contributed by atoms with Crippen LogP contribution < -0.4 is 10.6 Å². The van der Waals surface area contributed by atoms with Crippen molar-refractivity contribution in [2.24, 2.45) is 0 Å². The molecule has 0 unspecified atom stereocenters. The number of para-hydroxylation sites is 1. The summed E-state index contributed by atoms with van der Waals surface area (Å²) in [5, 5.41) is 5.79. The third-order valence-electron chi connectivity index (χ3n) is 4.10. The Labute approximate surface area is 165 Å². The van der Waals surface area contributed by atoms with Crippen LogP contribution in [0.1, 0.15) is 16.9 Å². The molecule has 0 spiro atoms. The SMILES string of the molecule is O=C(C[C@H]1Sc2ccccc2NC1=O)Nc1ncc(Cc2ccccc2)s1. The van der Waals surface area contributed by atoms with E-state index in [1.54, 1.807) is 6.20 Å². The smallest absolute Gasteiger partial charge is 0.238 e. The number of anilines is 2. The summed E-state index contributed by atoms with van der Waals surface area (Å²) in [5.74, 6) is -0.347. The van der Waals surface area contributed by atoms with Gasteiger partial charge in [0.25, 0.3) is 0 Å². The first-order chi connectivity index (χ1) is 13.2. The van der Waals surface area contributed by atoms with Gasteiger partial charge in [-0.05, 0) is 17.7 Å². The number of carbonyl (C=O) groups is 2. The Hall–Kier alpha value is -2.64. The summed E-state index contributed by atoms with van der Waals surface area (Å²) in [6, 6.07) is 17.7. The highest BCUT2D eigenvalue weighted by molar-refractivity contribution is 8.01. The van der Waals surface area contributed by atoms with Crippen LogP contribution in [0.25, 0.3) is 0 Å². The number of thioether (sulfide) groups is 1. The summed E-state index contributed by atoms with van der Waals surface area (Å²) in [7, 11) is 0. The second kappa shape index (κ2) is 7.94. The number of rotatable bonds is 5. The van der Waals surface area contributed by atoms with Gasteiger partial charge in [-0.3, -0.25) is 9.59 Å². The standard InChI is InChI=1S/C20H17N3O2S2/c24-18(11-17-19(25)22-15-8-4-5-9-16(15)27-17)23-20-21-12-14(26-20)10-13-6-2-1-3-7-13/h1-9,12,17H,10-11H2,(H,22,25)(H,21,23,24)/t17-/m1/s1. The predicted molar refractivity (Wildman–Crippen MR) is 109 cm³/mol. The average Bonchev–Trinajstić information content (AvgIpc) is 3.10. The van der Waals surface area contributed by atoms with E-state index in [1.165, 1.54) is 28.7 Å². The number of nitrogens with zero attached hydrogens (tertiary/aromatic N) is 1. The van der Waals surface area contributed by atoms with E-state index in [9.17, 15) is 9.59 Å². The van der Waals surface area contributed by atoms with Gasteiger partial charge in [0.1, 0.15) is 0 Å². The molecule has 7 heteroatoms. The number of fused-ring (bicyclic) bond motifs is 1. The molecule has 0 bridgehead atoms. The monoisotopic (exact) mass is 395 g/mol. The third-order valence-corrected chi connectivity index (χ3v) is 6.29. The fourth-order valence-corrected chi connectivity index (χ4v) is 4.78. The number of aromatic nitrogens is 1. The first kappa shape index (κ1) is 17.8. The lowest BCUT2D eigenvalue weighted by molar-refractivity contribution is -0.120. The summed E-state index contributed by atoms with van der Waals surface area (Å²) in [5.41, 5.74) is 2.00. The zero-order chi connectivity index (χ0) is 18.6. The molecule has 1 aromatic heterocycles. The van der Waals surface area contributed by atoms with E-state index in [-0.39, 0.29) is 18.2 Å².